The number of halogens is 10. The van der Waals surface area contributed by atoms with E-state index in [9.17, 15) is 40.3 Å². The lowest BCUT2D eigenvalue weighted by Crippen LogP contribution is -2.50. The fraction of sp³-hybridized carbons (Fsp3) is 0.308. The van der Waals surface area contributed by atoms with Gasteiger partial charge in [0.15, 0.2) is 0 Å². The van der Waals surface area contributed by atoms with Gasteiger partial charge in [-0.1, -0.05) is 41.9 Å². The molecule has 0 aliphatic rings. The molecule has 2 N–H and O–H groups in total. The van der Waals surface area contributed by atoms with Crippen molar-refractivity contribution in [2.45, 2.75) is 37.8 Å². The first-order valence-electron chi connectivity index (χ1n) is 11.4. The van der Waals surface area contributed by atoms with E-state index in [1.807, 2.05) is 5.43 Å². The van der Waals surface area contributed by atoms with Crippen LogP contribution < -0.4 is 10.7 Å². The number of nitrogens with zero attached hydrogens (tertiary/aromatic N) is 1. The van der Waals surface area contributed by atoms with Crippen LogP contribution in [0.1, 0.15) is 52.4 Å². The highest BCUT2D eigenvalue weighted by molar-refractivity contribution is 6.37. The summed E-state index contributed by atoms with van der Waals surface area (Å²) >= 11 is 11.9. The number of carbonyl (C=O) groups is 2. The molecular formula is C26H23Cl2F8N3O2. The number of hydrogen-bond donors (Lipinski definition) is 2. The zero-order valence-corrected chi connectivity index (χ0v) is 23.1. The largest absolute Gasteiger partial charge is 0.417 e. The lowest BCUT2D eigenvalue weighted by molar-refractivity contribution is -0.140. The summed E-state index contributed by atoms with van der Waals surface area (Å²) in [6, 6.07) is 2.05. The number of urea groups is 1. The van der Waals surface area contributed by atoms with Crippen LogP contribution in [-0.2, 0) is 6.18 Å². The molecule has 0 aromatic heterocycles. The first-order valence-corrected chi connectivity index (χ1v) is 12.2. The molecule has 0 saturated carbocycles. The van der Waals surface area contributed by atoms with E-state index < -0.39 is 70.5 Å². The van der Waals surface area contributed by atoms with Gasteiger partial charge in [-0.25, -0.2) is 18.6 Å². The van der Waals surface area contributed by atoms with Gasteiger partial charge in [0.05, 0.1) is 17.7 Å². The Morgan fingerprint density at radius 3 is 2.05 bits per heavy atom. The maximum atomic E-state index is 15.1. The van der Waals surface area contributed by atoms with Gasteiger partial charge >= 0.3 is 18.4 Å². The third-order valence-electron chi connectivity index (χ3n) is 5.41. The highest BCUT2D eigenvalue weighted by Crippen LogP contribution is 2.42. The highest BCUT2D eigenvalue weighted by Gasteiger charge is 2.41. The van der Waals surface area contributed by atoms with Gasteiger partial charge in [0.1, 0.15) is 17.4 Å². The second kappa shape index (κ2) is 12.7. The van der Waals surface area contributed by atoms with Crippen molar-refractivity contribution in [2.24, 2.45) is 0 Å². The molecular weight excluding hydrogens is 609 g/mol. The topological polar surface area (TPSA) is 61.4 Å². The number of hydrogen-bond acceptors (Lipinski definition) is 2. The van der Waals surface area contributed by atoms with E-state index in [0.29, 0.717) is 17.1 Å². The van der Waals surface area contributed by atoms with Crippen LogP contribution in [0.4, 0.5) is 39.9 Å². The van der Waals surface area contributed by atoms with Crippen molar-refractivity contribution < 1.29 is 44.7 Å². The lowest BCUT2D eigenvalue weighted by atomic mass is 9.94. The van der Waals surface area contributed by atoms with Gasteiger partial charge in [0.25, 0.3) is 5.91 Å². The van der Waals surface area contributed by atoms with Crippen LogP contribution >= 0.6 is 23.2 Å². The Bertz CT molecular complexity index is 1330. The number of nitrogens with one attached hydrogen (secondary N) is 2. The minimum absolute atomic E-state index is 0.0509. The minimum atomic E-state index is -5.26. The molecule has 2 rings (SSSR count). The first-order chi connectivity index (χ1) is 18.7. The van der Waals surface area contributed by atoms with Crippen LogP contribution in [-0.4, -0.2) is 42.4 Å². The zero-order chi connectivity index (χ0) is 31.5. The number of hydrazine groups is 1. The van der Waals surface area contributed by atoms with Crippen molar-refractivity contribution in [3.63, 3.8) is 0 Å². The van der Waals surface area contributed by atoms with Crippen molar-refractivity contribution in [2.75, 3.05) is 13.6 Å². The molecule has 0 fully saturated rings. The molecule has 2 aromatic carbocycles. The smallest absolute Gasteiger partial charge is 0.333 e. The van der Waals surface area contributed by atoms with Gasteiger partial charge in [0.2, 0.25) is 0 Å². The number of rotatable bonds is 7. The maximum absolute atomic E-state index is 15.1. The first kappa shape index (κ1) is 33.9. The molecule has 3 amide bonds. The third kappa shape index (κ3) is 9.09. The quantitative estimate of drug-likeness (QED) is 0.238. The highest BCUT2D eigenvalue weighted by atomic mass is 35.5. The summed E-state index contributed by atoms with van der Waals surface area (Å²) in [4.78, 5) is 24.5. The number of amides is 3. The molecule has 0 aliphatic heterocycles. The standard InChI is InChI=1S/C26H23Cl2F8N3O2/c1-5-15-19(27)9-14(10-20(15)28)17(25(31,32)33)11-21(29)13-6-7-16(18(8-13)26(34,35)36)22(40)38-39(4)23(41)37-12-24(2,3)30/h5-11,17H,1,12H2,2-4H3,(H,37,41)(H,38,40)/b21-11-. The van der Waals surface area contributed by atoms with E-state index in [4.69, 9.17) is 23.2 Å². The Morgan fingerprint density at radius 2 is 1.59 bits per heavy atom. The van der Waals surface area contributed by atoms with Gasteiger partial charge < -0.3 is 5.32 Å². The van der Waals surface area contributed by atoms with Crippen LogP contribution in [0, 0.1) is 0 Å². The molecule has 224 valence electrons. The monoisotopic (exact) mass is 631 g/mol. The molecule has 2 aromatic rings. The molecule has 5 nitrogen and oxygen atoms in total. The summed E-state index contributed by atoms with van der Waals surface area (Å²) < 4.78 is 112. The molecule has 0 spiro atoms. The maximum Gasteiger partial charge on any atom is 0.417 e. The number of benzene rings is 2. The van der Waals surface area contributed by atoms with E-state index in [1.54, 1.807) is 0 Å². The Labute approximate surface area is 239 Å². The van der Waals surface area contributed by atoms with E-state index in [2.05, 4.69) is 11.9 Å². The molecule has 0 aliphatic carbocycles. The molecule has 0 radical (unpaired) electrons. The predicted octanol–water partition coefficient (Wildman–Crippen LogP) is 8.35. The number of alkyl halides is 7. The summed E-state index contributed by atoms with van der Waals surface area (Å²) in [6.45, 7) is 5.26. The van der Waals surface area contributed by atoms with Gasteiger partial charge in [-0.05, 0) is 49.8 Å². The normalized spacial score (nSPS) is 13.4. The molecule has 15 heteroatoms. The summed E-state index contributed by atoms with van der Waals surface area (Å²) in [5.74, 6) is -5.80. The van der Waals surface area contributed by atoms with Crippen LogP contribution in [0.15, 0.2) is 43.0 Å². The second-order valence-corrected chi connectivity index (χ2v) is 10.1. The minimum Gasteiger partial charge on any atom is -0.333 e. The van der Waals surface area contributed by atoms with Crippen molar-refractivity contribution in [1.82, 2.24) is 15.8 Å². The van der Waals surface area contributed by atoms with Gasteiger partial charge in [-0.15, -0.1) is 0 Å². The molecule has 0 heterocycles. The molecule has 41 heavy (non-hydrogen) atoms. The van der Waals surface area contributed by atoms with E-state index >= 15 is 4.39 Å². The molecule has 1 unspecified atom stereocenters. The Kier molecular flexibility index (Phi) is 10.5. The van der Waals surface area contributed by atoms with Gasteiger partial charge in [0, 0.05) is 28.2 Å². The summed E-state index contributed by atoms with van der Waals surface area (Å²) in [5.41, 5.74) is -4.10. The lowest BCUT2D eigenvalue weighted by Gasteiger charge is -2.22. The SMILES string of the molecule is C=Cc1c(Cl)cc(C(/C=C(\F)c2ccc(C(=O)NN(C)C(=O)NCC(C)(C)F)c(C(F)(F)F)c2)C(F)(F)F)cc1Cl. The average Bonchev–Trinajstić information content (AvgIpc) is 2.83. The molecule has 0 bridgehead atoms. The van der Waals surface area contributed by atoms with Crippen LogP contribution in [0.5, 0.6) is 0 Å². The third-order valence-corrected chi connectivity index (χ3v) is 6.03. The van der Waals surface area contributed by atoms with Crippen LogP contribution in [0.3, 0.4) is 0 Å². The van der Waals surface area contributed by atoms with E-state index in [0.717, 1.165) is 33.0 Å². The molecule has 0 saturated heterocycles. The van der Waals surface area contributed by atoms with Crippen LogP contribution in [0.2, 0.25) is 10.0 Å². The number of allylic oxidation sites excluding steroid dienone is 1. The van der Waals surface area contributed by atoms with Crippen molar-refractivity contribution in [1.29, 1.82) is 0 Å². The fourth-order valence-electron chi connectivity index (χ4n) is 3.39. The van der Waals surface area contributed by atoms with Crippen molar-refractivity contribution in [3.8, 4) is 0 Å². The second-order valence-electron chi connectivity index (χ2n) is 9.27. The Balaban J connectivity index is 2.47. The van der Waals surface area contributed by atoms with Crippen molar-refractivity contribution in [3.05, 3.63) is 80.8 Å². The number of carbonyl (C=O) groups excluding carboxylic acids is 2. The van der Waals surface area contributed by atoms with Gasteiger partial charge in [-0.2, -0.15) is 26.3 Å². The molecule has 1 atom stereocenters. The van der Waals surface area contributed by atoms with Crippen LogP contribution in [0.25, 0.3) is 11.9 Å². The fourth-order valence-corrected chi connectivity index (χ4v) is 4.05. The van der Waals surface area contributed by atoms with E-state index in [-0.39, 0.29) is 27.8 Å². The predicted molar refractivity (Wildman–Crippen MR) is 140 cm³/mol. The summed E-state index contributed by atoms with van der Waals surface area (Å²) in [7, 11) is 0.972. The van der Waals surface area contributed by atoms with Crippen molar-refractivity contribution >= 4 is 47.0 Å². The van der Waals surface area contributed by atoms with Gasteiger partial charge in [-0.3, -0.25) is 10.2 Å². The summed E-state index contributed by atoms with van der Waals surface area (Å²) in [5, 5.41) is 2.14. The Morgan fingerprint density at radius 1 is 1.02 bits per heavy atom. The Hall–Kier alpha value is -3.32. The van der Waals surface area contributed by atoms with E-state index in [1.165, 1.54) is 6.08 Å². The summed E-state index contributed by atoms with van der Waals surface area (Å²) in [6.07, 6.45) is -9.12. The average molecular weight is 632 g/mol. The zero-order valence-electron chi connectivity index (χ0n) is 21.6.